The third-order valence-corrected chi connectivity index (χ3v) is 4.04. The first-order valence-electron chi connectivity index (χ1n) is 8.24. The van der Waals surface area contributed by atoms with Gasteiger partial charge in [0, 0.05) is 17.0 Å². The standard InChI is InChI=1S/C20H16N2O4/c1-3-24-20(23)19-12(2)25-17-7-6-13(9-15(17)19)26-18-11-21-10-16-14(18)5-4-8-22-16/h4-11H,3H2,1-2H3. The Bertz CT molecular complexity index is 1110. The molecule has 4 aromatic rings. The Hall–Kier alpha value is -3.41. The molecule has 3 heterocycles. The number of fused-ring (bicyclic) bond motifs is 2. The lowest BCUT2D eigenvalue weighted by Crippen LogP contribution is -2.05. The number of carbonyl (C=O) groups is 1. The fourth-order valence-electron chi connectivity index (χ4n) is 2.90. The highest BCUT2D eigenvalue weighted by molar-refractivity contribution is 6.05. The predicted octanol–water partition coefficient (Wildman–Crippen LogP) is 4.65. The quantitative estimate of drug-likeness (QED) is 0.500. The molecule has 0 saturated heterocycles. The Kier molecular flexibility index (Phi) is 4.01. The summed E-state index contributed by atoms with van der Waals surface area (Å²) in [5.74, 6) is 1.28. The summed E-state index contributed by atoms with van der Waals surface area (Å²) in [5.41, 5.74) is 1.78. The molecular formula is C20H16N2O4. The first kappa shape index (κ1) is 16.1. The topological polar surface area (TPSA) is 74.5 Å². The fourth-order valence-corrected chi connectivity index (χ4v) is 2.90. The molecule has 6 heteroatoms. The minimum atomic E-state index is -0.406. The van der Waals surface area contributed by atoms with E-state index in [2.05, 4.69) is 9.97 Å². The number of esters is 1. The summed E-state index contributed by atoms with van der Waals surface area (Å²) in [6, 6.07) is 9.10. The Morgan fingerprint density at radius 1 is 1.19 bits per heavy atom. The number of aromatic nitrogens is 2. The molecule has 0 aliphatic carbocycles. The molecule has 0 bridgehead atoms. The Morgan fingerprint density at radius 2 is 2.08 bits per heavy atom. The van der Waals surface area contributed by atoms with Crippen LogP contribution in [0.3, 0.4) is 0 Å². The number of furan rings is 1. The predicted molar refractivity (Wildman–Crippen MR) is 96.5 cm³/mol. The second kappa shape index (κ2) is 6.48. The molecule has 6 nitrogen and oxygen atoms in total. The van der Waals surface area contributed by atoms with Gasteiger partial charge in [0.2, 0.25) is 0 Å². The number of pyridine rings is 2. The highest BCUT2D eigenvalue weighted by Gasteiger charge is 2.20. The Balaban J connectivity index is 1.77. The molecule has 0 fully saturated rings. The number of ether oxygens (including phenoxy) is 2. The Morgan fingerprint density at radius 3 is 2.92 bits per heavy atom. The van der Waals surface area contributed by atoms with Gasteiger partial charge in [0.05, 0.1) is 24.5 Å². The van der Waals surface area contributed by atoms with Crippen molar-refractivity contribution in [2.24, 2.45) is 0 Å². The zero-order valence-corrected chi connectivity index (χ0v) is 14.4. The lowest BCUT2D eigenvalue weighted by atomic mass is 10.1. The summed E-state index contributed by atoms with van der Waals surface area (Å²) in [4.78, 5) is 20.7. The van der Waals surface area contributed by atoms with Crippen LogP contribution in [-0.4, -0.2) is 22.5 Å². The van der Waals surface area contributed by atoms with E-state index in [9.17, 15) is 4.79 Å². The largest absolute Gasteiger partial charge is 0.462 e. The van der Waals surface area contributed by atoms with Crippen molar-refractivity contribution in [2.45, 2.75) is 13.8 Å². The van der Waals surface area contributed by atoms with E-state index in [-0.39, 0.29) is 0 Å². The van der Waals surface area contributed by atoms with Crippen LogP contribution in [0.25, 0.3) is 21.9 Å². The molecule has 4 rings (SSSR count). The van der Waals surface area contributed by atoms with Gasteiger partial charge in [-0.1, -0.05) is 0 Å². The van der Waals surface area contributed by atoms with Crippen LogP contribution in [0.1, 0.15) is 23.0 Å². The van der Waals surface area contributed by atoms with Gasteiger partial charge in [-0.2, -0.15) is 0 Å². The van der Waals surface area contributed by atoms with Crippen LogP contribution in [0.2, 0.25) is 0 Å². The highest BCUT2D eigenvalue weighted by Crippen LogP contribution is 2.33. The molecule has 26 heavy (non-hydrogen) atoms. The van der Waals surface area contributed by atoms with E-state index in [4.69, 9.17) is 13.9 Å². The van der Waals surface area contributed by atoms with Crippen molar-refractivity contribution in [1.29, 1.82) is 0 Å². The van der Waals surface area contributed by atoms with Crippen molar-refractivity contribution < 1.29 is 18.7 Å². The van der Waals surface area contributed by atoms with Gasteiger partial charge in [-0.3, -0.25) is 9.97 Å². The molecule has 0 aliphatic rings. The van der Waals surface area contributed by atoms with Gasteiger partial charge in [0.15, 0.2) is 5.75 Å². The molecule has 0 aliphatic heterocycles. The fraction of sp³-hybridized carbons (Fsp3) is 0.150. The maximum atomic E-state index is 12.2. The van der Waals surface area contributed by atoms with E-state index in [1.165, 1.54) is 0 Å². The smallest absolute Gasteiger partial charge is 0.342 e. The summed E-state index contributed by atoms with van der Waals surface area (Å²) >= 11 is 0. The lowest BCUT2D eigenvalue weighted by molar-refractivity contribution is 0.0526. The van der Waals surface area contributed by atoms with Crippen molar-refractivity contribution >= 4 is 27.8 Å². The third kappa shape index (κ3) is 2.75. The molecule has 0 radical (unpaired) electrons. The van der Waals surface area contributed by atoms with Crippen molar-refractivity contribution in [3.05, 3.63) is 60.2 Å². The van der Waals surface area contributed by atoms with Gasteiger partial charge >= 0.3 is 5.97 Å². The number of benzene rings is 1. The van der Waals surface area contributed by atoms with E-state index in [0.717, 1.165) is 10.9 Å². The van der Waals surface area contributed by atoms with Crippen LogP contribution < -0.4 is 4.74 Å². The summed E-state index contributed by atoms with van der Waals surface area (Å²) in [7, 11) is 0. The molecule has 0 spiro atoms. The van der Waals surface area contributed by atoms with E-state index < -0.39 is 5.97 Å². The van der Waals surface area contributed by atoms with E-state index >= 15 is 0 Å². The maximum absolute atomic E-state index is 12.2. The summed E-state index contributed by atoms with van der Waals surface area (Å²) in [6.45, 7) is 3.81. The van der Waals surface area contributed by atoms with Gasteiger partial charge < -0.3 is 13.9 Å². The van der Waals surface area contributed by atoms with E-state index in [1.54, 1.807) is 50.6 Å². The third-order valence-electron chi connectivity index (χ3n) is 4.04. The second-order valence-electron chi connectivity index (χ2n) is 5.72. The van der Waals surface area contributed by atoms with Crippen LogP contribution >= 0.6 is 0 Å². The summed E-state index contributed by atoms with van der Waals surface area (Å²) in [6.07, 6.45) is 5.03. The first-order valence-corrected chi connectivity index (χ1v) is 8.24. The van der Waals surface area contributed by atoms with Gasteiger partial charge in [-0.05, 0) is 44.2 Å². The molecular weight excluding hydrogens is 332 g/mol. The molecule has 0 atom stereocenters. The number of hydrogen-bond acceptors (Lipinski definition) is 6. The average Bonchev–Trinajstić information content (AvgIpc) is 2.97. The van der Waals surface area contributed by atoms with Crippen molar-refractivity contribution in [1.82, 2.24) is 9.97 Å². The summed E-state index contributed by atoms with van der Waals surface area (Å²) < 4.78 is 16.8. The number of hydrogen-bond donors (Lipinski definition) is 0. The van der Waals surface area contributed by atoms with Crippen LogP contribution in [0, 0.1) is 6.92 Å². The average molecular weight is 348 g/mol. The van der Waals surface area contributed by atoms with Crippen LogP contribution in [0.4, 0.5) is 0 Å². The minimum Gasteiger partial charge on any atom is -0.462 e. The monoisotopic (exact) mass is 348 g/mol. The van der Waals surface area contributed by atoms with Crippen molar-refractivity contribution in [2.75, 3.05) is 6.61 Å². The maximum Gasteiger partial charge on any atom is 0.342 e. The van der Waals surface area contributed by atoms with Crippen molar-refractivity contribution in [3.8, 4) is 11.5 Å². The zero-order valence-electron chi connectivity index (χ0n) is 14.4. The number of aryl methyl sites for hydroxylation is 1. The SMILES string of the molecule is CCOC(=O)c1c(C)oc2ccc(Oc3cncc4ncccc34)cc12. The number of carbonyl (C=O) groups excluding carboxylic acids is 1. The zero-order chi connectivity index (χ0) is 18.1. The van der Waals surface area contributed by atoms with Gasteiger partial charge in [-0.25, -0.2) is 4.79 Å². The minimum absolute atomic E-state index is 0.301. The molecule has 0 amide bonds. The van der Waals surface area contributed by atoms with Gasteiger partial charge in [0.25, 0.3) is 0 Å². The summed E-state index contributed by atoms with van der Waals surface area (Å²) in [5, 5.41) is 1.52. The highest BCUT2D eigenvalue weighted by atomic mass is 16.5. The molecule has 0 unspecified atom stereocenters. The molecule has 3 aromatic heterocycles. The Labute approximate surface area is 149 Å². The van der Waals surface area contributed by atoms with Gasteiger partial charge in [-0.15, -0.1) is 0 Å². The molecule has 1 aromatic carbocycles. The van der Waals surface area contributed by atoms with Crippen LogP contribution in [-0.2, 0) is 4.74 Å². The number of rotatable bonds is 4. The number of nitrogens with zero attached hydrogens (tertiary/aromatic N) is 2. The molecule has 0 N–H and O–H groups in total. The lowest BCUT2D eigenvalue weighted by Gasteiger charge is -2.08. The van der Waals surface area contributed by atoms with Crippen LogP contribution in [0.15, 0.2) is 53.3 Å². The van der Waals surface area contributed by atoms with E-state index in [1.807, 2.05) is 12.1 Å². The van der Waals surface area contributed by atoms with E-state index in [0.29, 0.717) is 40.4 Å². The first-order chi connectivity index (χ1) is 12.7. The molecule has 0 saturated carbocycles. The second-order valence-corrected chi connectivity index (χ2v) is 5.72. The van der Waals surface area contributed by atoms with Gasteiger partial charge in [0.1, 0.15) is 22.7 Å². The normalized spacial score (nSPS) is 11.0. The molecule has 130 valence electrons. The van der Waals surface area contributed by atoms with Crippen LogP contribution in [0.5, 0.6) is 11.5 Å². The van der Waals surface area contributed by atoms with Crippen molar-refractivity contribution in [3.63, 3.8) is 0 Å².